The van der Waals surface area contributed by atoms with E-state index in [1.807, 2.05) is 0 Å². The molecule has 1 unspecified atom stereocenters. The zero-order chi connectivity index (χ0) is 17.7. The molecule has 1 rings (SSSR count). The highest BCUT2D eigenvalue weighted by Gasteiger charge is 2.24. The fourth-order valence-corrected chi connectivity index (χ4v) is 2.18. The van der Waals surface area contributed by atoms with Gasteiger partial charge in [-0.2, -0.15) is 0 Å². The quantitative estimate of drug-likeness (QED) is 0.152. The number of halogens is 3. The third-order valence-corrected chi connectivity index (χ3v) is 4.00. The van der Waals surface area contributed by atoms with Gasteiger partial charge in [-0.05, 0) is 34.6 Å². The second kappa shape index (κ2) is 8.34. The number of aliphatic hydroxyl groups excluding tert-OH is 1. The first-order valence-corrected chi connectivity index (χ1v) is 7.76. The zero-order valence-electron chi connectivity index (χ0n) is 12.4. The number of carbonyl (C=O) groups is 2. The number of aliphatic hydroxyl groups is 1. The Balaban J connectivity index is 3.18. The molecule has 8 heteroatoms. The number of benzene rings is 1. The molecule has 5 nitrogen and oxygen atoms in total. The van der Waals surface area contributed by atoms with Crippen molar-refractivity contribution in [2.45, 2.75) is 19.9 Å². The second-order valence-electron chi connectivity index (χ2n) is 5.14. The Bertz CT molecular complexity index is 647. The van der Waals surface area contributed by atoms with Gasteiger partial charge in [0, 0.05) is 15.8 Å². The number of rotatable bonds is 7. The van der Waals surface area contributed by atoms with Crippen LogP contribution in [0.2, 0.25) is 0 Å². The molecule has 1 aromatic carbocycles. The molecule has 0 fully saturated rings. The van der Waals surface area contributed by atoms with E-state index >= 15 is 0 Å². The molecule has 0 saturated heterocycles. The molecule has 0 bridgehead atoms. The van der Waals surface area contributed by atoms with Gasteiger partial charge in [-0.15, -0.1) is 0 Å². The average molecular weight is 439 g/mol. The van der Waals surface area contributed by atoms with Crippen molar-refractivity contribution in [3.63, 3.8) is 0 Å². The van der Waals surface area contributed by atoms with Crippen LogP contribution >= 0.6 is 22.6 Å². The number of carboxylic acids is 1. The van der Waals surface area contributed by atoms with E-state index in [9.17, 15) is 23.5 Å². The van der Waals surface area contributed by atoms with Crippen molar-refractivity contribution in [3.8, 4) is 0 Å². The minimum absolute atomic E-state index is 0.000429. The molecule has 0 spiro atoms. The van der Waals surface area contributed by atoms with E-state index in [-0.39, 0.29) is 16.1 Å². The van der Waals surface area contributed by atoms with Gasteiger partial charge < -0.3 is 15.5 Å². The van der Waals surface area contributed by atoms with Crippen LogP contribution in [0.25, 0.3) is 0 Å². The standard InChI is InChI=1S/C15H16F2INO4/c1-7(2)13(6-20)19-5-9(15(22)23)14(21)8-3-12(18)11(17)4-10(8)16/h3-5,7,13,19-20H,6H2,1-2H3,(H,22,23)/b9-5-. The molecule has 0 radical (unpaired) electrons. The number of nitrogens with one attached hydrogen (secondary N) is 1. The van der Waals surface area contributed by atoms with Crippen LogP contribution in [-0.2, 0) is 4.79 Å². The Morgan fingerprint density at radius 3 is 2.39 bits per heavy atom. The van der Waals surface area contributed by atoms with Crippen molar-refractivity contribution in [1.29, 1.82) is 0 Å². The predicted molar refractivity (Wildman–Crippen MR) is 88.0 cm³/mol. The molecular formula is C15H16F2INO4. The first kappa shape index (κ1) is 19.5. The number of aliphatic carboxylic acids is 1. The molecule has 3 N–H and O–H groups in total. The topological polar surface area (TPSA) is 86.6 Å². The highest BCUT2D eigenvalue weighted by atomic mass is 127. The van der Waals surface area contributed by atoms with Crippen LogP contribution in [0.4, 0.5) is 8.78 Å². The normalized spacial score (nSPS) is 13.1. The fraction of sp³-hybridized carbons (Fsp3) is 0.333. The highest BCUT2D eigenvalue weighted by molar-refractivity contribution is 14.1. The smallest absolute Gasteiger partial charge is 0.341 e. The molecule has 0 heterocycles. The molecule has 0 aromatic heterocycles. The van der Waals surface area contributed by atoms with Crippen LogP contribution in [0.5, 0.6) is 0 Å². The van der Waals surface area contributed by atoms with E-state index in [2.05, 4.69) is 5.32 Å². The molecule has 0 aliphatic heterocycles. The van der Waals surface area contributed by atoms with Crippen LogP contribution in [0.15, 0.2) is 23.9 Å². The van der Waals surface area contributed by atoms with Crippen molar-refractivity contribution in [3.05, 3.63) is 44.7 Å². The molecule has 1 atom stereocenters. The molecule has 0 aliphatic carbocycles. The lowest BCUT2D eigenvalue weighted by molar-refractivity contribution is -0.132. The summed E-state index contributed by atoms with van der Waals surface area (Å²) in [5.74, 6) is -4.63. The van der Waals surface area contributed by atoms with Gasteiger partial charge in [0.05, 0.1) is 18.2 Å². The maximum absolute atomic E-state index is 13.8. The summed E-state index contributed by atoms with van der Waals surface area (Å²) in [6.45, 7) is 3.33. The summed E-state index contributed by atoms with van der Waals surface area (Å²) in [5.41, 5.74) is -1.23. The summed E-state index contributed by atoms with van der Waals surface area (Å²) in [5, 5.41) is 21.0. The monoisotopic (exact) mass is 439 g/mol. The van der Waals surface area contributed by atoms with Gasteiger partial charge in [-0.3, -0.25) is 4.79 Å². The Morgan fingerprint density at radius 1 is 1.30 bits per heavy atom. The number of ketones is 1. The van der Waals surface area contributed by atoms with Gasteiger partial charge in [0.25, 0.3) is 0 Å². The van der Waals surface area contributed by atoms with Crippen LogP contribution < -0.4 is 5.32 Å². The SMILES string of the molecule is CC(C)C(CO)N/C=C(\C(=O)O)C(=O)c1cc(I)c(F)cc1F. The maximum Gasteiger partial charge on any atom is 0.341 e. The van der Waals surface area contributed by atoms with Crippen LogP contribution in [0.3, 0.4) is 0 Å². The minimum atomic E-state index is -1.55. The predicted octanol–water partition coefficient (Wildman–Crippen LogP) is 2.33. The molecular weight excluding hydrogens is 423 g/mol. The molecule has 23 heavy (non-hydrogen) atoms. The summed E-state index contributed by atoms with van der Waals surface area (Å²) in [6, 6.07) is 1.03. The van der Waals surface area contributed by atoms with Crippen molar-refractivity contribution in [2.75, 3.05) is 6.61 Å². The van der Waals surface area contributed by atoms with Gasteiger partial charge in [0.2, 0.25) is 5.78 Å². The third kappa shape index (κ3) is 4.96. The Morgan fingerprint density at radius 2 is 1.91 bits per heavy atom. The van der Waals surface area contributed by atoms with Gasteiger partial charge in [-0.1, -0.05) is 13.8 Å². The van der Waals surface area contributed by atoms with E-state index in [1.54, 1.807) is 36.4 Å². The third-order valence-electron chi connectivity index (χ3n) is 3.17. The summed E-state index contributed by atoms with van der Waals surface area (Å²) < 4.78 is 27.0. The first-order valence-electron chi connectivity index (χ1n) is 6.68. The maximum atomic E-state index is 13.8. The lowest BCUT2D eigenvalue weighted by Crippen LogP contribution is -2.34. The van der Waals surface area contributed by atoms with E-state index in [0.717, 1.165) is 12.3 Å². The number of carboxylic acid groups (broad SMARTS) is 1. The zero-order valence-corrected chi connectivity index (χ0v) is 14.6. The van der Waals surface area contributed by atoms with Gasteiger partial charge in [0.1, 0.15) is 17.2 Å². The molecule has 0 aliphatic rings. The van der Waals surface area contributed by atoms with E-state index < -0.39 is 40.6 Å². The Hall–Kier alpha value is -1.55. The largest absolute Gasteiger partial charge is 0.477 e. The summed E-state index contributed by atoms with van der Waals surface area (Å²) in [6.07, 6.45) is 0.932. The van der Waals surface area contributed by atoms with Crippen LogP contribution in [0.1, 0.15) is 24.2 Å². The van der Waals surface area contributed by atoms with E-state index in [1.165, 1.54) is 0 Å². The first-order chi connectivity index (χ1) is 10.7. The molecule has 0 amide bonds. The van der Waals surface area contributed by atoms with Gasteiger partial charge in [0.15, 0.2) is 0 Å². The van der Waals surface area contributed by atoms with Crippen molar-refractivity contribution < 1.29 is 28.6 Å². The van der Waals surface area contributed by atoms with Crippen molar-refractivity contribution in [2.24, 2.45) is 5.92 Å². The summed E-state index contributed by atoms with van der Waals surface area (Å²) in [7, 11) is 0. The Kier molecular flexibility index (Phi) is 7.07. The number of hydrogen-bond donors (Lipinski definition) is 3. The summed E-state index contributed by atoms with van der Waals surface area (Å²) in [4.78, 5) is 23.5. The lowest BCUT2D eigenvalue weighted by Gasteiger charge is -2.18. The highest BCUT2D eigenvalue weighted by Crippen LogP contribution is 2.19. The minimum Gasteiger partial charge on any atom is -0.477 e. The number of Topliss-reactive ketones (excluding diaryl/α,β-unsaturated/α-hetero) is 1. The van der Waals surface area contributed by atoms with E-state index in [0.29, 0.717) is 6.07 Å². The van der Waals surface area contributed by atoms with Crippen LogP contribution in [0, 0.1) is 21.1 Å². The number of hydrogen-bond acceptors (Lipinski definition) is 4. The second-order valence-corrected chi connectivity index (χ2v) is 6.30. The fourth-order valence-electron chi connectivity index (χ4n) is 1.71. The van der Waals surface area contributed by atoms with Gasteiger partial charge in [-0.25, -0.2) is 13.6 Å². The lowest BCUT2D eigenvalue weighted by atomic mass is 10.0. The van der Waals surface area contributed by atoms with E-state index in [4.69, 9.17) is 5.11 Å². The van der Waals surface area contributed by atoms with Crippen molar-refractivity contribution >= 4 is 34.3 Å². The number of carbonyl (C=O) groups excluding carboxylic acids is 1. The average Bonchev–Trinajstić information content (AvgIpc) is 2.46. The van der Waals surface area contributed by atoms with Crippen LogP contribution in [-0.4, -0.2) is 34.6 Å². The molecule has 126 valence electrons. The Labute approximate surface area is 145 Å². The molecule has 0 saturated carbocycles. The molecule has 1 aromatic rings. The summed E-state index contributed by atoms with van der Waals surface area (Å²) >= 11 is 1.58. The van der Waals surface area contributed by atoms with Crippen molar-refractivity contribution in [1.82, 2.24) is 5.32 Å². The van der Waals surface area contributed by atoms with Gasteiger partial charge >= 0.3 is 5.97 Å².